The Morgan fingerprint density at radius 2 is 1.80 bits per heavy atom. The molecule has 138 valence electrons. The number of carbonyl (C=O) groups excluding carboxylic acids is 1. The third-order valence-corrected chi connectivity index (χ3v) is 5.79. The first-order valence-electron chi connectivity index (χ1n) is 9.86. The number of piperidine rings is 1. The summed E-state index contributed by atoms with van der Waals surface area (Å²) in [7, 11) is 0. The summed E-state index contributed by atoms with van der Waals surface area (Å²) in [5.41, 5.74) is 2.20. The van der Waals surface area contributed by atoms with Crippen molar-refractivity contribution in [1.82, 2.24) is 10.2 Å². The van der Waals surface area contributed by atoms with Crippen molar-refractivity contribution in [3.05, 3.63) is 35.4 Å². The highest BCUT2D eigenvalue weighted by Gasteiger charge is 2.24. The number of amides is 1. The number of carbonyl (C=O) groups is 1. The first-order chi connectivity index (χ1) is 12.1. The fraction of sp³-hybridized carbons (Fsp3) is 0.667. The highest BCUT2D eigenvalue weighted by molar-refractivity contribution is 5.76. The number of likely N-dealkylation sites (tertiary alicyclic amines) is 1. The minimum atomic E-state index is -0.436. The Bertz CT molecular complexity index is 544. The zero-order valence-corrected chi connectivity index (χ0v) is 15.4. The SMILES string of the molecule is Cc1ccc(C(O)CN2CCC(NC(=O)CC3CCCC3)CC2)cc1. The van der Waals surface area contributed by atoms with Gasteiger partial charge in [0.2, 0.25) is 5.91 Å². The van der Waals surface area contributed by atoms with Gasteiger partial charge in [-0.15, -0.1) is 0 Å². The lowest BCUT2D eigenvalue weighted by Crippen LogP contribution is -2.45. The molecule has 1 atom stereocenters. The molecule has 1 heterocycles. The van der Waals surface area contributed by atoms with Crippen LogP contribution in [0.2, 0.25) is 0 Å². The van der Waals surface area contributed by atoms with E-state index in [1.807, 2.05) is 24.3 Å². The number of hydrogen-bond donors (Lipinski definition) is 2. The smallest absolute Gasteiger partial charge is 0.220 e. The maximum Gasteiger partial charge on any atom is 0.220 e. The van der Waals surface area contributed by atoms with E-state index in [2.05, 4.69) is 17.1 Å². The summed E-state index contributed by atoms with van der Waals surface area (Å²) < 4.78 is 0. The van der Waals surface area contributed by atoms with Crippen LogP contribution in [0.25, 0.3) is 0 Å². The molecule has 1 aromatic rings. The lowest BCUT2D eigenvalue weighted by Gasteiger charge is -2.33. The van der Waals surface area contributed by atoms with Gasteiger partial charge in [0.25, 0.3) is 0 Å². The molecular formula is C21H32N2O2. The second-order valence-electron chi connectivity index (χ2n) is 7.92. The standard InChI is InChI=1S/C21H32N2O2/c1-16-6-8-18(9-7-16)20(24)15-23-12-10-19(11-13-23)22-21(25)14-17-4-2-3-5-17/h6-9,17,19-20,24H,2-5,10-15H2,1H3,(H,22,25). The first-order valence-corrected chi connectivity index (χ1v) is 9.86. The molecule has 0 spiro atoms. The molecule has 1 aliphatic carbocycles. The van der Waals surface area contributed by atoms with E-state index in [1.54, 1.807) is 0 Å². The van der Waals surface area contributed by atoms with Crippen LogP contribution in [0.4, 0.5) is 0 Å². The molecule has 3 rings (SSSR count). The molecule has 1 amide bonds. The highest BCUT2D eigenvalue weighted by atomic mass is 16.3. The number of aryl methyl sites for hydroxylation is 1. The summed E-state index contributed by atoms with van der Waals surface area (Å²) in [5.74, 6) is 0.856. The van der Waals surface area contributed by atoms with Gasteiger partial charge >= 0.3 is 0 Å². The molecular weight excluding hydrogens is 312 g/mol. The van der Waals surface area contributed by atoms with Crippen LogP contribution in [0, 0.1) is 12.8 Å². The fourth-order valence-corrected chi connectivity index (χ4v) is 4.16. The molecule has 2 N–H and O–H groups in total. The van der Waals surface area contributed by atoms with Crippen LogP contribution in [0.5, 0.6) is 0 Å². The zero-order valence-electron chi connectivity index (χ0n) is 15.4. The molecule has 4 nitrogen and oxygen atoms in total. The van der Waals surface area contributed by atoms with Gasteiger partial charge in [-0.25, -0.2) is 0 Å². The molecule has 1 unspecified atom stereocenters. The Labute approximate surface area is 151 Å². The average molecular weight is 344 g/mol. The van der Waals surface area contributed by atoms with Crippen molar-refractivity contribution in [1.29, 1.82) is 0 Å². The van der Waals surface area contributed by atoms with E-state index < -0.39 is 6.10 Å². The van der Waals surface area contributed by atoms with Crippen LogP contribution in [0.1, 0.15) is 62.2 Å². The normalized spacial score (nSPS) is 21.4. The van der Waals surface area contributed by atoms with Gasteiger partial charge in [0.15, 0.2) is 0 Å². The summed E-state index contributed by atoms with van der Waals surface area (Å²) in [6.07, 6.45) is 7.28. The number of aliphatic hydroxyl groups is 1. The summed E-state index contributed by atoms with van der Waals surface area (Å²) in [5, 5.41) is 13.7. The molecule has 4 heteroatoms. The summed E-state index contributed by atoms with van der Waals surface area (Å²) in [6.45, 7) is 4.61. The predicted molar refractivity (Wildman–Crippen MR) is 100 cm³/mol. The van der Waals surface area contributed by atoms with Gasteiger partial charge in [-0.3, -0.25) is 4.79 Å². The zero-order chi connectivity index (χ0) is 17.6. The number of rotatable bonds is 6. The highest BCUT2D eigenvalue weighted by Crippen LogP contribution is 2.27. The van der Waals surface area contributed by atoms with Crippen LogP contribution in [-0.4, -0.2) is 41.6 Å². The van der Waals surface area contributed by atoms with Crippen LogP contribution < -0.4 is 5.32 Å². The van der Waals surface area contributed by atoms with E-state index in [4.69, 9.17) is 0 Å². The van der Waals surface area contributed by atoms with Gasteiger partial charge in [-0.1, -0.05) is 42.7 Å². The molecule has 25 heavy (non-hydrogen) atoms. The van der Waals surface area contributed by atoms with Crippen molar-refractivity contribution in [3.8, 4) is 0 Å². The van der Waals surface area contributed by atoms with Crippen molar-refractivity contribution >= 4 is 5.91 Å². The van der Waals surface area contributed by atoms with Gasteiger partial charge in [-0.2, -0.15) is 0 Å². The monoisotopic (exact) mass is 344 g/mol. The van der Waals surface area contributed by atoms with Crippen LogP contribution in [-0.2, 0) is 4.79 Å². The number of β-amino-alcohol motifs (C(OH)–C–C–N with tert-alkyl or cyclic N) is 1. The Kier molecular flexibility index (Phi) is 6.49. The molecule has 0 bridgehead atoms. The lowest BCUT2D eigenvalue weighted by molar-refractivity contribution is -0.123. The molecule has 2 aliphatic rings. The van der Waals surface area contributed by atoms with Crippen LogP contribution in [0.3, 0.4) is 0 Å². The molecule has 1 aliphatic heterocycles. The third kappa shape index (κ3) is 5.55. The predicted octanol–water partition coefficient (Wildman–Crippen LogP) is 3.19. The third-order valence-electron chi connectivity index (χ3n) is 5.79. The van der Waals surface area contributed by atoms with Crippen molar-refractivity contribution < 1.29 is 9.90 Å². The molecule has 1 saturated heterocycles. The number of aliphatic hydroxyl groups excluding tert-OH is 1. The maximum atomic E-state index is 12.2. The van der Waals surface area contributed by atoms with Crippen molar-refractivity contribution in [2.24, 2.45) is 5.92 Å². The van der Waals surface area contributed by atoms with Gasteiger partial charge < -0.3 is 15.3 Å². The number of benzene rings is 1. The Hall–Kier alpha value is -1.39. The van der Waals surface area contributed by atoms with Crippen LogP contribution in [0.15, 0.2) is 24.3 Å². The van der Waals surface area contributed by atoms with E-state index in [0.717, 1.165) is 31.5 Å². The van der Waals surface area contributed by atoms with E-state index in [9.17, 15) is 9.90 Å². The molecule has 2 fully saturated rings. The lowest BCUT2D eigenvalue weighted by atomic mass is 10.0. The summed E-state index contributed by atoms with van der Waals surface area (Å²) in [6, 6.07) is 8.42. The quantitative estimate of drug-likeness (QED) is 0.833. The van der Waals surface area contributed by atoms with Crippen molar-refractivity contribution in [3.63, 3.8) is 0 Å². The Morgan fingerprint density at radius 3 is 2.44 bits per heavy atom. The topological polar surface area (TPSA) is 52.6 Å². The van der Waals surface area contributed by atoms with Gasteiger partial charge in [0.1, 0.15) is 0 Å². The van der Waals surface area contributed by atoms with Crippen molar-refractivity contribution in [2.75, 3.05) is 19.6 Å². The van der Waals surface area contributed by atoms with E-state index in [1.165, 1.54) is 31.2 Å². The number of hydrogen-bond acceptors (Lipinski definition) is 3. The van der Waals surface area contributed by atoms with Gasteiger partial charge in [0.05, 0.1) is 6.10 Å². The molecule has 1 saturated carbocycles. The minimum Gasteiger partial charge on any atom is -0.387 e. The Balaban J connectivity index is 1.37. The fourth-order valence-electron chi connectivity index (χ4n) is 4.16. The minimum absolute atomic E-state index is 0.241. The van der Waals surface area contributed by atoms with Crippen molar-refractivity contribution in [2.45, 2.75) is 64.0 Å². The number of nitrogens with zero attached hydrogens (tertiary/aromatic N) is 1. The molecule has 0 aromatic heterocycles. The van der Waals surface area contributed by atoms with Gasteiger partial charge in [0, 0.05) is 32.1 Å². The molecule has 0 radical (unpaired) electrons. The average Bonchev–Trinajstić information content (AvgIpc) is 3.10. The number of nitrogens with one attached hydrogen (secondary N) is 1. The van der Waals surface area contributed by atoms with E-state index in [0.29, 0.717) is 24.9 Å². The largest absolute Gasteiger partial charge is 0.387 e. The van der Waals surface area contributed by atoms with E-state index >= 15 is 0 Å². The second kappa shape index (κ2) is 8.81. The maximum absolute atomic E-state index is 12.2. The summed E-state index contributed by atoms with van der Waals surface area (Å²) >= 11 is 0. The first kappa shape index (κ1) is 18.4. The summed E-state index contributed by atoms with van der Waals surface area (Å²) in [4.78, 5) is 14.5. The van der Waals surface area contributed by atoms with E-state index in [-0.39, 0.29) is 5.91 Å². The van der Waals surface area contributed by atoms with Gasteiger partial charge in [-0.05, 0) is 44.1 Å². The van der Waals surface area contributed by atoms with Crippen LogP contribution >= 0.6 is 0 Å². The molecule has 1 aromatic carbocycles. The Morgan fingerprint density at radius 1 is 1.16 bits per heavy atom. The second-order valence-corrected chi connectivity index (χ2v) is 7.92.